The fourth-order valence-corrected chi connectivity index (χ4v) is 3.76. The highest BCUT2D eigenvalue weighted by atomic mass is 32.1. The fraction of sp³-hybridized carbons (Fsp3) is 0.211. The second-order valence-corrected chi connectivity index (χ2v) is 7.76. The topological polar surface area (TPSA) is 97.6 Å². The van der Waals surface area contributed by atoms with Gasteiger partial charge >= 0.3 is 6.18 Å². The molecule has 0 aliphatic heterocycles. The number of aromatic nitrogens is 5. The number of hydrogen-bond acceptors (Lipinski definition) is 7. The minimum Gasteiger partial charge on any atom is -0.343 e. The Morgan fingerprint density at radius 3 is 2.77 bits per heavy atom. The van der Waals surface area contributed by atoms with E-state index in [0.29, 0.717) is 16.2 Å². The van der Waals surface area contributed by atoms with Crippen molar-refractivity contribution in [3.05, 3.63) is 59.1 Å². The largest absolute Gasteiger partial charge is 0.416 e. The van der Waals surface area contributed by atoms with E-state index in [-0.39, 0.29) is 11.4 Å². The summed E-state index contributed by atoms with van der Waals surface area (Å²) in [6, 6.07) is 4.46. The Kier molecular flexibility index (Phi) is 5.31. The van der Waals surface area contributed by atoms with Gasteiger partial charge in [0.25, 0.3) is 5.91 Å². The lowest BCUT2D eigenvalue weighted by molar-refractivity contribution is -0.137. The molecule has 1 aromatic carbocycles. The Morgan fingerprint density at radius 1 is 1.19 bits per heavy atom. The van der Waals surface area contributed by atoms with Crippen molar-refractivity contribution in [3.8, 4) is 0 Å². The number of halogens is 3. The lowest BCUT2D eigenvalue weighted by atomic mass is 10.2. The second-order valence-electron chi connectivity index (χ2n) is 6.69. The van der Waals surface area contributed by atoms with Crippen molar-refractivity contribution in [1.29, 1.82) is 0 Å². The number of hydrogen-bond donors (Lipinski definition) is 2. The minimum atomic E-state index is -4.43. The van der Waals surface area contributed by atoms with Crippen molar-refractivity contribution in [2.45, 2.75) is 19.1 Å². The molecule has 4 aromatic rings. The average Bonchev–Trinajstić information content (AvgIpc) is 3.34. The number of carbonyl (C=O) groups is 1. The van der Waals surface area contributed by atoms with Gasteiger partial charge in [-0.2, -0.15) is 18.3 Å². The third-order valence-corrected chi connectivity index (χ3v) is 5.58. The number of carbonyl (C=O) groups excluding carboxylic acids is 1. The first kappa shape index (κ1) is 20.7. The van der Waals surface area contributed by atoms with Crippen LogP contribution in [0.1, 0.15) is 33.9 Å². The SMILES string of the molecule is CC(NC(=O)c1ncnc2c1cnn2C)c1cnc(Nc2cccc(C(F)(F)F)c2)s1. The van der Waals surface area contributed by atoms with Crippen LogP contribution in [0.2, 0.25) is 0 Å². The van der Waals surface area contributed by atoms with Gasteiger partial charge in [-0.25, -0.2) is 15.0 Å². The molecule has 0 spiro atoms. The molecule has 1 unspecified atom stereocenters. The zero-order valence-corrected chi connectivity index (χ0v) is 17.1. The molecule has 12 heteroatoms. The highest BCUT2D eigenvalue weighted by molar-refractivity contribution is 7.15. The Hall–Kier alpha value is -3.54. The number of nitrogens with zero attached hydrogens (tertiary/aromatic N) is 5. The molecule has 3 heterocycles. The molecule has 160 valence electrons. The molecule has 1 atom stereocenters. The monoisotopic (exact) mass is 447 g/mol. The van der Waals surface area contributed by atoms with Gasteiger partial charge in [0.15, 0.2) is 10.8 Å². The van der Waals surface area contributed by atoms with E-state index in [0.717, 1.165) is 17.0 Å². The number of amides is 1. The van der Waals surface area contributed by atoms with E-state index in [1.54, 1.807) is 24.9 Å². The number of thiazole rings is 1. The Bertz CT molecular complexity index is 1250. The highest BCUT2D eigenvalue weighted by Crippen LogP contribution is 2.32. The third-order valence-electron chi connectivity index (χ3n) is 4.48. The first-order chi connectivity index (χ1) is 14.7. The average molecular weight is 447 g/mol. The van der Waals surface area contributed by atoms with E-state index in [4.69, 9.17) is 0 Å². The first-order valence-corrected chi connectivity index (χ1v) is 9.87. The maximum Gasteiger partial charge on any atom is 0.416 e. The molecule has 2 N–H and O–H groups in total. The van der Waals surface area contributed by atoms with E-state index < -0.39 is 23.7 Å². The predicted octanol–water partition coefficient (Wildman–Crippen LogP) is 4.07. The van der Waals surface area contributed by atoms with Gasteiger partial charge in [-0.15, -0.1) is 0 Å². The van der Waals surface area contributed by atoms with Crippen LogP contribution in [0.25, 0.3) is 11.0 Å². The van der Waals surface area contributed by atoms with Crippen LogP contribution in [0, 0.1) is 0 Å². The summed E-state index contributed by atoms with van der Waals surface area (Å²) in [4.78, 5) is 25.8. The quantitative estimate of drug-likeness (QED) is 0.479. The summed E-state index contributed by atoms with van der Waals surface area (Å²) in [5, 5.41) is 10.7. The zero-order valence-electron chi connectivity index (χ0n) is 16.3. The molecule has 0 saturated heterocycles. The smallest absolute Gasteiger partial charge is 0.343 e. The van der Waals surface area contributed by atoms with Crippen LogP contribution in [-0.2, 0) is 13.2 Å². The van der Waals surface area contributed by atoms with Gasteiger partial charge in [0.2, 0.25) is 0 Å². The van der Waals surface area contributed by atoms with Crippen molar-refractivity contribution >= 4 is 39.1 Å². The molecule has 8 nitrogen and oxygen atoms in total. The van der Waals surface area contributed by atoms with E-state index in [2.05, 4.69) is 30.7 Å². The van der Waals surface area contributed by atoms with Crippen molar-refractivity contribution in [3.63, 3.8) is 0 Å². The lowest BCUT2D eigenvalue weighted by Crippen LogP contribution is -2.27. The molecule has 0 radical (unpaired) electrons. The van der Waals surface area contributed by atoms with Gasteiger partial charge < -0.3 is 10.6 Å². The summed E-state index contributed by atoms with van der Waals surface area (Å²) in [5.74, 6) is -0.395. The van der Waals surface area contributed by atoms with Crippen LogP contribution in [0.15, 0.2) is 43.0 Å². The number of nitrogens with one attached hydrogen (secondary N) is 2. The molecule has 4 rings (SSSR count). The minimum absolute atomic E-state index is 0.205. The van der Waals surface area contributed by atoms with Crippen LogP contribution in [-0.4, -0.2) is 30.6 Å². The molecule has 0 bridgehead atoms. The van der Waals surface area contributed by atoms with E-state index in [1.165, 1.54) is 36.0 Å². The van der Waals surface area contributed by atoms with Crippen LogP contribution in [0.5, 0.6) is 0 Å². The Morgan fingerprint density at radius 2 is 2.00 bits per heavy atom. The van der Waals surface area contributed by atoms with Crippen molar-refractivity contribution in [2.24, 2.45) is 7.05 Å². The van der Waals surface area contributed by atoms with Crippen LogP contribution in [0.4, 0.5) is 24.0 Å². The normalized spacial score (nSPS) is 12.7. The molecule has 1 amide bonds. The summed E-state index contributed by atoms with van der Waals surface area (Å²) in [6.45, 7) is 1.78. The Balaban J connectivity index is 1.47. The first-order valence-electron chi connectivity index (χ1n) is 9.06. The third kappa shape index (κ3) is 4.33. The molecule has 3 aromatic heterocycles. The maximum atomic E-state index is 12.9. The number of alkyl halides is 3. The lowest BCUT2D eigenvalue weighted by Gasteiger charge is -2.11. The molecule has 0 aliphatic carbocycles. The van der Waals surface area contributed by atoms with Crippen LogP contribution in [0.3, 0.4) is 0 Å². The fourth-order valence-electron chi connectivity index (χ4n) is 2.92. The van der Waals surface area contributed by atoms with Crippen molar-refractivity contribution < 1.29 is 18.0 Å². The van der Waals surface area contributed by atoms with Crippen LogP contribution < -0.4 is 10.6 Å². The number of fused-ring (bicyclic) bond motifs is 1. The zero-order chi connectivity index (χ0) is 22.2. The summed E-state index contributed by atoms with van der Waals surface area (Å²) in [6.07, 6.45) is -0.0392. The number of rotatable bonds is 5. The van der Waals surface area contributed by atoms with Gasteiger partial charge in [-0.3, -0.25) is 9.48 Å². The van der Waals surface area contributed by atoms with Gasteiger partial charge in [0, 0.05) is 23.8 Å². The van der Waals surface area contributed by atoms with E-state index >= 15 is 0 Å². The predicted molar refractivity (Wildman–Crippen MR) is 109 cm³/mol. The number of anilines is 2. The molecule has 0 saturated carbocycles. The summed E-state index contributed by atoms with van der Waals surface area (Å²) < 4.78 is 40.2. The molecule has 0 aliphatic rings. The van der Waals surface area contributed by atoms with E-state index in [1.807, 2.05) is 0 Å². The molecule has 0 fully saturated rings. The second kappa shape index (κ2) is 7.95. The highest BCUT2D eigenvalue weighted by Gasteiger charge is 2.30. The molecular weight excluding hydrogens is 431 g/mol. The van der Waals surface area contributed by atoms with Crippen LogP contribution >= 0.6 is 11.3 Å². The summed E-state index contributed by atoms with van der Waals surface area (Å²) in [5.41, 5.74) is 0.267. The molecule has 31 heavy (non-hydrogen) atoms. The van der Waals surface area contributed by atoms with Crippen molar-refractivity contribution in [2.75, 3.05) is 5.32 Å². The molecular formula is C19H16F3N7OS. The maximum absolute atomic E-state index is 12.9. The summed E-state index contributed by atoms with van der Waals surface area (Å²) >= 11 is 1.23. The van der Waals surface area contributed by atoms with Gasteiger partial charge in [0.1, 0.15) is 12.0 Å². The van der Waals surface area contributed by atoms with Gasteiger partial charge in [-0.1, -0.05) is 17.4 Å². The summed E-state index contributed by atoms with van der Waals surface area (Å²) in [7, 11) is 1.72. The van der Waals surface area contributed by atoms with Crippen molar-refractivity contribution in [1.82, 2.24) is 30.0 Å². The van der Waals surface area contributed by atoms with E-state index in [9.17, 15) is 18.0 Å². The van der Waals surface area contributed by atoms with Gasteiger partial charge in [0.05, 0.1) is 23.2 Å². The standard InChI is InChI=1S/C19H16F3N7OS/c1-10(27-17(30)15-13-7-26-29(2)16(13)25-9-24-15)14-8-23-18(31-14)28-12-5-3-4-11(6-12)19(20,21)22/h3-10H,1-2H3,(H,23,28)(H,27,30). The number of benzene rings is 1. The number of aryl methyl sites for hydroxylation is 1. The Labute approximate surface area is 178 Å². The van der Waals surface area contributed by atoms with Gasteiger partial charge in [-0.05, 0) is 25.1 Å².